The Balaban J connectivity index is 1.88. The molecule has 0 fully saturated rings. The van der Waals surface area contributed by atoms with Crippen LogP contribution in [0.1, 0.15) is 43.9 Å². The molecule has 4 aromatic carbocycles. The zero-order valence-electron chi connectivity index (χ0n) is 27.5. The quantitative estimate of drug-likeness (QED) is 0.138. The zero-order chi connectivity index (χ0) is 34.8. The number of para-hydroxylation sites is 2. The molecule has 0 saturated heterocycles. The van der Waals surface area contributed by atoms with Gasteiger partial charge in [-0.25, -0.2) is 8.42 Å². The van der Waals surface area contributed by atoms with Crippen molar-refractivity contribution in [3.05, 3.63) is 124 Å². The van der Waals surface area contributed by atoms with Gasteiger partial charge >= 0.3 is 0 Å². The van der Waals surface area contributed by atoms with E-state index in [1.54, 1.807) is 61.5 Å². The number of benzene rings is 4. The van der Waals surface area contributed by atoms with Crippen LogP contribution < -0.4 is 14.4 Å². The van der Waals surface area contributed by atoms with Gasteiger partial charge in [0.15, 0.2) is 0 Å². The van der Waals surface area contributed by atoms with Gasteiger partial charge in [-0.05, 0) is 69.2 Å². The predicted octanol–water partition coefficient (Wildman–Crippen LogP) is 7.45. The summed E-state index contributed by atoms with van der Waals surface area (Å²) in [6.07, 6.45) is 0.835. The van der Waals surface area contributed by atoms with E-state index in [0.29, 0.717) is 27.8 Å². The Morgan fingerprint density at radius 1 is 0.854 bits per heavy atom. The second-order valence-electron chi connectivity index (χ2n) is 11.5. The highest BCUT2D eigenvalue weighted by Crippen LogP contribution is 2.34. The lowest BCUT2D eigenvalue weighted by molar-refractivity contribution is -0.140. The number of ether oxygens (including phenoxy) is 1. The molecule has 0 bridgehead atoms. The molecule has 0 spiro atoms. The van der Waals surface area contributed by atoms with Crippen LogP contribution in [0.25, 0.3) is 0 Å². The molecule has 2 amide bonds. The van der Waals surface area contributed by atoms with E-state index in [2.05, 4.69) is 5.32 Å². The predicted molar refractivity (Wildman–Crippen MR) is 192 cm³/mol. The number of hydrogen-bond acceptors (Lipinski definition) is 5. The summed E-state index contributed by atoms with van der Waals surface area (Å²) in [6.45, 7) is 6.98. The van der Waals surface area contributed by atoms with Crippen LogP contribution in [0.15, 0.2) is 102 Å². The molecule has 0 unspecified atom stereocenters. The van der Waals surface area contributed by atoms with E-state index in [9.17, 15) is 18.0 Å². The first-order valence-corrected chi connectivity index (χ1v) is 18.0. The fourth-order valence-electron chi connectivity index (χ4n) is 5.14. The number of nitrogens with zero attached hydrogens (tertiary/aromatic N) is 2. The Bertz CT molecular complexity index is 1780. The minimum atomic E-state index is -4.30. The molecule has 1 N–H and O–H groups in total. The van der Waals surface area contributed by atoms with E-state index >= 15 is 0 Å². The number of aryl methyl sites for hydroxylation is 1. The average Bonchev–Trinajstić information content (AvgIpc) is 3.07. The molecule has 0 saturated carbocycles. The highest BCUT2D eigenvalue weighted by Gasteiger charge is 2.36. The molecule has 0 aromatic heterocycles. The van der Waals surface area contributed by atoms with Gasteiger partial charge in [-0.2, -0.15) is 0 Å². The van der Waals surface area contributed by atoms with Crippen molar-refractivity contribution in [3.8, 4) is 5.75 Å². The van der Waals surface area contributed by atoms with Gasteiger partial charge in [0, 0.05) is 34.6 Å². The van der Waals surface area contributed by atoms with Gasteiger partial charge in [-0.1, -0.05) is 96.4 Å². The van der Waals surface area contributed by atoms with E-state index in [4.69, 9.17) is 27.9 Å². The van der Waals surface area contributed by atoms with Gasteiger partial charge in [0.1, 0.15) is 18.3 Å². The van der Waals surface area contributed by atoms with E-state index in [1.807, 2.05) is 51.1 Å². The van der Waals surface area contributed by atoms with Crippen molar-refractivity contribution in [2.75, 3.05) is 17.5 Å². The number of halogens is 2. The Kier molecular flexibility index (Phi) is 12.9. The summed E-state index contributed by atoms with van der Waals surface area (Å²) in [4.78, 5) is 30.2. The summed E-state index contributed by atoms with van der Waals surface area (Å²) in [7, 11) is -4.30. The largest absolute Gasteiger partial charge is 0.492 e. The average molecular weight is 711 g/mol. The molecule has 4 aromatic rings. The van der Waals surface area contributed by atoms with Crippen LogP contribution in [-0.4, -0.2) is 50.4 Å². The number of carbonyl (C=O) groups is 2. The molecule has 0 aliphatic heterocycles. The molecule has 2 atom stereocenters. The number of nitrogens with one attached hydrogen (secondary N) is 1. The molecular weight excluding hydrogens is 669 g/mol. The number of sulfonamides is 1. The minimum absolute atomic E-state index is 0.00301. The molecule has 254 valence electrons. The summed E-state index contributed by atoms with van der Waals surface area (Å²) in [5.41, 5.74) is 2.32. The van der Waals surface area contributed by atoms with Crippen LogP contribution in [0.3, 0.4) is 0 Å². The van der Waals surface area contributed by atoms with Crippen LogP contribution >= 0.6 is 23.2 Å². The molecule has 4 rings (SSSR count). The van der Waals surface area contributed by atoms with Crippen LogP contribution in [0.5, 0.6) is 5.75 Å². The van der Waals surface area contributed by atoms with Gasteiger partial charge in [0.05, 0.1) is 17.2 Å². The monoisotopic (exact) mass is 709 g/mol. The maximum atomic E-state index is 14.8. The third kappa shape index (κ3) is 9.09. The van der Waals surface area contributed by atoms with Crippen molar-refractivity contribution in [3.63, 3.8) is 0 Å². The summed E-state index contributed by atoms with van der Waals surface area (Å²) >= 11 is 13.2. The Hall–Kier alpha value is -4.05. The van der Waals surface area contributed by atoms with Crippen LogP contribution in [0.2, 0.25) is 10.0 Å². The van der Waals surface area contributed by atoms with E-state index in [-0.39, 0.29) is 42.1 Å². The second-order valence-corrected chi connectivity index (χ2v) is 14.1. The number of amides is 2. The molecule has 0 heterocycles. The Labute approximate surface area is 293 Å². The summed E-state index contributed by atoms with van der Waals surface area (Å²) in [5.74, 6) is -0.722. The standard InChI is InChI=1S/C37H41Cl2N3O5S/c1-5-27(4)40-37(44)34(23-28-13-8-7-9-14-28)41(24-30-31(38)15-12-16-32(30)39)36(43)25-42(33-17-10-11-18-35(33)47-6-2)48(45,46)29-21-19-26(3)20-22-29/h7-22,27,34H,5-6,23-25H2,1-4H3,(H,40,44)/t27-,34-/m1/s1. The first-order chi connectivity index (χ1) is 23.0. The van der Waals surface area contributed by atoms with Crippen LogP contribution in [0, 0.1) is 6.92 Å². The van der Waals surface area contributed by atoms with Crippen molar-refractivity contribution in [2.24, 2.45) is 0 Å². The van der Waals surface area contributed by atoms with Crippen molar-refractivity contribution in [2.45, 2.75) is 64.1 Å². The molecule has 0 aliphatic rings. The van der Waals surface area contributed by atoms with Gasteiger partial charge in [-0.3, -0.25) is 13.9 Å². The Morgan fingerprint density at radius 3 is 2.10 bits per heavy atom. The molecule has 8 nitrogen and oxygen atoms in total. The Morgan fingerprint density at radius 2 is 1.48 bits per heavy atom. The molecule has 0 aliphatic carbocycles. The highest BCUT2D eigenvalue weighted by atomic mass is 35.5. The lowest BCUT2D eigenvalue weighted by atomic mass is 10.0. The molecule has 11 heteroatoms. The van der Waals surface area contributed by atoms with Gasteiger partial charge < -0.3 is 15.0 Å². The third-order valence-corrected chi connectivity index (χ3v) is 10.5. The third-order valence-electron chi connectivity index (χ3n) is 7.98. The number of carbonyl (C=O) groups excluding carboxylic acids is 2. The van der Waals surface area contributed by atoms with E-state index < -0.39 is 28.5 Å². The van der Waals surface area contributed by atoms with Crippen molar-refractivity contribution in [1.29, 1.82) is 0 Å². The van der Waals surface area contributed by atoms with Gasteiger partial charge in [0.2, 0.25) is 11.8 Å². The minimum Gasteiger partial charge on any atom is -0.492 e. The highest BCUT2D eigenvalue weighted by molar-refractivity contribution is 7.92. The maximum absolute atomic E-state index is 14.8. The van der Waals surface area contributed by atoms with E-state index in [1.165, 1.54) is 17.0 Å². The summed E-state index contributed by atoms with van der Waals surface area (Å²) < 4.78 is 35.6. The van der Waals surface area contributed by atoms with Crippen LogP contribution in [0.4, 0.5) is 5.69 Å². The zero-order valence-corrected chi connectivity index (χ0v) is 29.9. The lowest BCUT2D eigenvalue weighted by Gasteiger charge is -2.35. The number of hydrogen-bond donors (Lipinski definition) is 1. The summed E-state index contributed by atoms with van der Waals surface area (Å²) in [6, 6.07) is 26.2. The smallest absolute Gasteiger partial charge is 0.264 e. The fourth-order valence-corrected chi connectivity index (χ4v) is 7.08. The first-order valence-electron chi connectivity index (χ1n) is 15.8. The topological polar surface area (TPSA) is 96.0 Å². The normalized spacial score (nSPS) is 12.5. The van der Waals surface area contributed by atoms with Crippen molar-refractivity contribution in [1.82, 2.24) is 10.2 Å². The van der Waals surface area contributed by atoms with E-state index in [0.717, 1.165) is 15.4 Å². The first kappa shape index (κ1) is 36.8. The van der Waals surface area contributed by atoms with Gasteiger partial charge in [-0.15, -0.1) is 0 Å². The lowest BCUT2D eigenvalue weighted by Crippen LogP contribution is -2.54. The SMILES string of the molecule is CCOc1ccccc1N(CC(=O)N(Cc1c(Cl)cccc1Cl)[C@H](Cc1ccccc1)C(=O)N[C@H](C)CC)S(=O)(=O)c1ccc(C)cc1. The summed E-state index contributed by atoms with van der Waals surface area (Å²) in [5, 5.41) is 3.65. The second kappa shape index (κ2) is 16.9. The van der Waals surface area contributed by atoms with Gasteiger partial charge in [0.25, 0.3) is 10.0 Å². The molecule has 48 heavy (non-hydrogen) atoms. The number of anilines is 1. The van der Waals surface area contributed by atoms with Crippen molar-refractivity contribution >= 4 is 50.7 Å². The fraction of sp³-hybridized carbons (Fsp3) is 0.297. The number of rotatable bonds is 15. The molecule has 0 radical (unpaired) electrons. The van der Waals surface area contributed by atoms with Crippen molar-refractivity contribution < 1.29 is 22.7 Å². The van der Waals surface area contributed by atoms with Crippen LogP contribution in [-0.2, 0) is 32.6 Å². The molecular formula is C37H41Cl2N3O5S. The maximum Gasteiger partial charge on any atom is 0.264 e.